The fourth-order valence-corrected chi connectivity index (χ4v) is 1.50. The van der Waals surface area contributed by atoms with Crippen LogP contribution < -0.4 is 11.3 Å². The Morgan fingerprint density at radius 2 is 2.00 bits per heavy atom. The summed E-state index contributed by atoms with van der Waals surface area (Å²) in [5, 5.41) is 0. The number of nitrogens with two attached hydrogens (primary N) is 1. The van der Waals surface area contributed by atoms with Crippen LogP contribution in [0.1, 0.15) is 33.6 Å². The van der Waals surface area contributed by atoms with Gasteiger partial charge < -0.3 is 10.3 Å². The number of nitrogens with zero attached hydrogens (tertiary/aromatic N) is 1. The second-order valence-electron chi connectivity index (χ2n) is 5.16. The van der Waals surface area contributed by atoms with Gasteiger partial charge in [0.15, 0.2) is 0 Å². The minimum Gasteiger partial charge on any atom is -0.398 e. The van der Waals surface area contributed by atoms with Gasteiger partial charge in [0, 0.05) is 24.5 Å². The van der Waals surface area contributed by atoms with Gasteiger partial charge in [0.2, 0.25) is 0 Å². The first kappa shape index (κ1) is 11.8. The van der Waals surface area contributed by atoms with Crippen LogP contribution in [0, 0.1) is 5.41 Å². The summed E-state index contributed by atoms with van der Waals surface area (Å²) in [4.78, 5) is 11.4. The lowest BCUT2D eigenvalue weighted by Crippen LogP contribution is -2.19. The summed E-state index contributed by atoms with van der Waals surface area (Å²) in [7, 11) is 0. The lowest BCUT2D eigenvalue weighted by Gasteiger charge is -2.18. The van der Waals surface area contributed by atoms with Crippen LogP contribution in [0.3, 0.4) is 0 Å². The van der Waals surface area contributed by atoms with Crippen molar-refractivity contribution in [3.63, 3.8) is 0 Å². The molecule has 84 valence electrons. The molecule has 0 aliphatic heterocycles. The lowest BCUT2D eigenvalue weighted by atomic mass is 9.91. The standard InChI is InChI=1S/C12H20N2O/c1-12(2,3)7-4-8-14-9-10(13)5-6-11(14)15/h5-6,9H,4,7-8,13H2,1-3H3. The quantitative estimate of drug-likeness (QED) is 0.828. The van der Waals surface area contributed by atoms with E-state index in [0.29, 0.717) is 11.1 Å². The molecule has 0 saturated heterocycles. The first-order valence-corrected chi connectivity index (χ1v) is 5.34. The number of nitrogen functional groups attached to an aromatic ring is 1. The van der Waals surface area contributed by atoms with E-state index in [1.165, 1.54) is 6.07 Å². The average molecular weight is 208 g/mol. The highest BCUT2D eigenvalue weighted by Gasteiger charge is 2.09. The second kappa shape index (κ2) is 4.51. The third kappa shape index (κ3) is 4.19. The molecule has 1 aromatic rings. The number of aromatic nitrogens is 1. The fourth-order valence-electron chi connectivity index (χ4n) is 1.50. The third-order valence-corrected chi connectivity index (χ3v) is 2.33. The predicted molar refractivity (Wildman–Crippen MR) is 63.8 cm³/mol. The topological polar surface area (TPSA) is 48.0 Å². The van der Waals surface area contributed by atoms with Crippen molar-refractivity contribution in [1.82, 2.24) is 4.57 Å². The third-order valence-electron chi connectivity index (χ3n) is 2.33. The maximum Gasteiger partial charge on any atom is 0.250 e. The van der Waals surface area contributed by atoms with Crippen molar-refractivity contribution in [1.29, 1.82) is 0 Å². The lowest BCUT2D eigenvalue weighted by molar-refractivity contribution is 0.352. The zero-order valence-electron chi connectivity index (χ0n) is 9.79. The van der Waals surface area contributed by atoms with E-state index in [2.05, 4.69) is 20.8 Å². The molecule has 2 N–H and O–H groups in total. The molecule has 0 aromatic carbocycles. The van der Waals surface area contributed by atoms with Crippen LogP contribution >= 0.6 is 0 Å². The first-order chi connectivity index (χ1) is 6.88. The van der Waals surface area contributed by atoms with Crippen LogP contribution in [-0.4, -0.2) is 4.57 Å². The number of aryl methyl sites for hydroxylation is 1. The summed E-state index contributed by atoms with van der Waals surface area (Å²) >= 11 is 0. The Morgan fingerprint density at radius 3 is 2.60 bits per heavy atom. The van der Waals surface area contributed by atoms with Crippen LogP contribution in [-0.2, 0) is 6.54 Å². The van der Waals surface area contributed by atoms with E-state index in [1.54, 1.807) is 16.8 Å². The Kier molecular flexibility index (Phi) is 3.56. The zero-order valence-corrected chi connectivity index (χ0v) is 9.79. The largest absolute Gasteiger partial charge is 0.398 e. The summed E-state index contributed by atoms with van der Waals surface area (Å²) in [6, 6.07) is 3.16. The number of hydrogen-bond acceptors (Lipinski definition) is 2. The van der Waals surface area contributed by atoms with E-state index in [4.69, 9.17) is 5.73 Å². The molecule has 0 radical (unpaired) electrons. The molecule has 1 heterocycles. The van der Waals surface area contributed by atoms with Crippen molar-refractivity contribution in [3.8, 4) is 0 Å². The molecule has 0 atom stereocenters. The van der Waals surface area contributed by atoms with Crippen molar-refractivity contribution in [3.05, 3.63) is 28.7 Å². The van der Waals surface area contributed by atoms with E-state index in [9.17, 15) is 4.79 Å². The van der Waals surface area contributed by atoms with Crippen LogP contribution in [0.5, 0.6) is 0 Å². The van der Waals surface area contributed by atoms with Crippen molar-refractivity contribution in [2.45, 2.75) is 40.2 Å². The van der Waals surface area contributed by atoms with Crippen LogP contribution in [0.2, 0.25) is 0 Å². The van der Waals surface area contributed by atoms with Gasteiger partial charge in [0.25, 0.3) is 5.56 Å². The van der Waals surface area contributed by atoms with Gasteiger partial charge in [-0.1, -0.05) is 20.8 Å². The minimum atomic E-state index is 0.0260. The van der Waals surface area contributed by atoms with Crippen molar-refractivity contribution < 1.29 is 0 Å². The molecule has 3 nitrogen and oxygen atoms in total. The number of anilines is 1. The number of hydrogen-bond donors (Lipinski definition) is 1. The predicted octanol–water partition coefficient (Wildman–Crippen LogP) is 2.26. The highest BCUT2D eigenvalue weighted by atomic mass is 16.1. The van der Waals surface area contributed by atoms with Crippen LogP contribution in [0.4, 0.5) is 5.69 Å². The summed E-state index contributed by atoms with van der Waals surface area (Å²) in [5.74, 6) is 0. The maximum atomic E-state index is 11.4. The van der Waals surface area contributed by atoms with E-state index in [-0.39, 0.29) is 5.56 Å². The highest BCUT2D eigenvalue weighted by Crippen LogP contribution is 2.20. The Bertz CT molecular complexity index is 374. The highest BCUT2D eigenvalue weighted by molar-refractivity contribution is 5.33. The molecule has 0 unspecified atom stereocenters. The van der Waals surface area contributed by atoms with Gasteiger partial charge in [-0.15, -0.1) is 0 Å². The molecule has 15 heavy (non-hydrogen) atoms. The number of rotatable bonds is 3. The second-order valence-corrected chi connectivity index (χ2v) is 5.16. The first-order valence-electron chi connectivity index (χ1n) is 5.34. The Morgan fingerprint density at radius 1 is 1.33 bits per heavy atom. The number of pyridine rings is 1. The smallest absolute Gasteiger partial charge is 0.250 e. The van der Waals surface area contributed by atoms with Gasteiger partial charge in [-0.05, 0) is 24.3 Å². The SMILES string of the molecule is CC(C)(C)CCCn1cc(N)ccc1=O. The van der Waals surface area contributed by atoms with Gasteiger partial charge in [0.1, 0.15) is 0 Å². The molecule has 0 spiro atoms. The summed E-state index contributed by atoms with van der Waals surface area (Å²) < 4.78 is 1.68. The van der Waals surface area contributed by atoms with Gasteiger partial charge in [-0.3, -0.25) is 4.79 Å². The normalized spacial score (nSPS) is 11.7. The van der Waals surface area contributed by atoms with E-state index >= 15 is 0 Å². The zero-order chi connectivity index (χ0) is 11.5. The molecular weight excluding hydrogens is 188 g/mol. The molecule has 0 fully saturated rings. The molecule has 0 saturated carbocycles. The molecule has 3 heteroatoms. The minimum absolute atomic E-state index is 0.0260. The van der Waals surface area contributed by atoms with Gasteiger partial charge in [-0.25, -0.2) is 0 Å². The maximum absolute atomic E-state index is 11.4. The molecule has 0 amide bonds. The molecule has 0 aliphatic rings. The molecule has 0 bridgehead atoms. The summed E-state index contributed by atoms with van der Waals surface area (Å²) in [5.41, 5.74) is 6.62. The van der Waals surface area contributed by atoms with Crippen LogP contribution in [0.15, 0.2) is 23.1 Å². The van der Waals surface area contributed by atoms with Gasteiger partial charge in [-0.2, -0.15) is 0 Å². The molecule has 1 rings (SSSR count). The van der Waals surface area contributed by atoms with Crippen molar-refractivity contribution in [2.24, 2.45) is 5.41 Å². The Hall–Kier alpha value is -1.25. The monoisotopic (exact) mass is 208 g/mol. The van der Waals surface area contributed by atoms with Crippen molar-refractivity contribution in [2.75, 3.05) is 5.73 Å². The van der Waals surface area contributed by atoms with E-state index in [0.717, 1.165) is 19.4 Å². The molecule has 0 aliphatic carbocycles. The average Bonchev–Trinajstić information content (AvgIpc) is 2.09. The van der Waals surface area contributed by atoms with Gasteiger partial charge >= 0.3 is 0 Å². The Labute approximate surface area is 90.9 Å². The summed E-state index contributed by atoms with van der Waals surface area (Å²) in [6.45, 7) is 7.36. The molecular formula is C12H20N2O. The molecule has 1 aromatic heterocycles. The summed E-state index contributed by atoms with van der Waals surface area (Å²) in [6.07, 6.45) is 3.83. The van der Waals surface area contributed by atoms with Crippen LogP contribution in [0.25, 0.3) is 0 Å². The van der Waals surface area contributed by atoms with E-state index < -0.39 is 0 Å². The fraction of sp³-hybridized carbons (Fsp3) is 0.583. The van der Waals surface area contributed by atoms with Gasteiger partial charge in [0.05, 0.1) is 0 Å². The Balaban J connectivity index is 2.58. The van der Waals surface area contributed by atoms with Crippen molar-refractivity contribution >= 4 is 5.69 Å². The van der Waals surface area contributed by atoms with E-state index in [1.807, 2.05) is 0 Å².